The summed E-state index contributed by atoms with van der Waals surface area (Å²) in [5, 5.41) is 4.34. The first-order valence-electron chi connectivity index (χ1n) is 7.54. The molecule has 0 unspecified atom stereocenters. The number of hydrogen-bond acceptors (Lipinski definition) is 3. The van der Waals surface area contributed by atoms with Gasteiger partial charge in [-0.1, -0.05) is 17.7 Å². The van der Waals surface area contributed by atoms with E-state index in [4.69, 9.17) is 16.3 Å². The van der Waals surface area contributed by atoms with Crippen molar-refractivity contribution in [3.8, 4) is 0 Å². The minimum Gasteiger partial charge on any atom is -0.383 e. The molecule has 120 valence electrons. The highest BCUT2D eigenvalue weighted by Gasteiger charge is 2.18. The highest BCUT2D eigenvalue weighted by atomic mass is 35.5. The summed E-state index contributed by atoms with van der Waals surface area (Å²) < 4.78 is 5.24. The zero-order valence-corrected chi connectivity index (χ0v) is 14.9. The lowest BCUT2D eigenvalue weighted by Gasteiger charge is -2.32. The van der Waals surface area contributed by atoms with Gasteiger partial charge in [-0.3, -0.25) is 0 Å². The molecule has 1 rings (SSSR count). The third kappa shape index (κ3) is 5.85. The number of nitrogens with zero attached hydrogens (tertiary/aromatic N) is 1. The minimum absolute atomic E-state index is 0.0611. The maximum Gasteiger partial charge on any atom is 0.0637 e. The van der Waals surface area contributed by atoms with Crippen molar-refractivity contribution in [3.05, 3.63) is 28.8 Å². The lowest BCUT2D eigenvalue weighted by molar-refractivity contribution is 0.203. The summed E-state index contributed by atoms with van der Waals surface area (Å²) in [6.07, 6.45) is 0. The fourth-order valence-electron chi connectivity index (χ4n) is 2.19. The first-order valence-corrected chi connectivity index (χ1v) is 7.92. The molecule has 0 heterocycles. The Morgan fingerprint density at radius 1 is 1.29 bits per heavy atom. The summed E-state index contributed by atoms with van der Waals surface area (Å²) in [5.41, 5.74) is 2.40. The fourth-order valence-corrected chi connectivity index (χ4v) is 2.43. The van der Waals surface area contributed by atoms with Crippen LogP contribution >= 0.6 is 11.6 Å². The van der Waals surface area contributed by atoms with Gasteiger partial charge in [-0.2, -0.15) is 0 Å². The molecule has 0 aromatic heterocycles. The summed E-state index contributed by atoms with van der Waals surface area (Å²) in [5.74, 6) is 0. The van der Waals surface area contributed by atoms with E-state index >= 15 is 0 Å². The molecule has 0 aliphatic carbocycles. The second-order valence-electron chi connectivity index (χ2n) is 6.62. The van der Waals surface area contributed by atoms with Crippen LogP contribution in [0.15, 0.2) is 18.2 Å². The van der Waals surface area contributed by atoms with E-state index in [0.717, 1.165) is 23.7 Å². The second-order valence-corrected chi connectivity index (χ2v) is 7.03. The predicted octanol–water partition coefficient (Wildman–Crippen LogP) is 4.09. The van der Waals surface area contributed by atoms with Crippen LogP contribution in [-0.2, 0) is 11.3 Å². The quantitative estimate of drug-likeness (QED) is 0.820. The summed E-state index contributed by atoms with van der Waals surface area (Å²) in [6.45, 7) is 13.2. The summed E-state index contributed by atoms with van der Waals surface area (Å²) in [6, 6.07) is 6.51. The lowest BCUT2D eigenvalue weighted by atomic mass is 10.1. The molecule has 1 aromatic carbocycles. The van der Waals surface area contributed by atoms with Crippen molar-refractivity contribution in [2.24, 2.45) is 0 Å². The van der Waals surface area contributed by atoms with Gasteiger partial charge in [0.25, 0.3) is 0 Å². The van der Waals surface area contributed by atoms with E-state index < -0.39 is 0 Å². The summed E-state index contributed by atoms with van der Waals surface area (Å²) in [7, 11) is 1.73. The van der Waals surface area contributed by atoms with E-state index in [9.17, 15) is 0 Å². The van der Waals surface area contributed by atoms with Gasteiger partial charge in [0.05, 0.1) is 6.61 Å². The zero-order valence-electron chi connectivity index (χ0n) is 14.2. The van der Waals surface area contributed by atoms with Crippen LogP contribution in [-0.4, -0.2) is 31.8 Å². The molecule has 21 heavy (non-hydrogen) atoms. The average molecular weight is 313 g/mol. The van der Waals surface area contributed by atoms with Gasteiger partial charge in [-0.05, 0) is 46.8 Å². The normalized spacial score (nSPS) is 12.0. The third-order valence-electron chi connectivity index (χ3n) is 3.36. The molecule has 4 heteroatoms. The minimum atomic E-state index is 0.0611. The Morgan fingerprint density at radius 2 is 1.95 bits per heavy atom. The number of ether oxygens (including phenoxy) is 1. The van der Waals surface area contributed by atoms with Crippen LogP contribution in [0, 0.1) is 0 Å². The van der Waals surface area contributed by atoms with Gasteiger partial charge in [0.15, 0.2) is 0 Å². The number of benzene rings is 1. The topological polar surface area (TPSA) is 24.5 Å². The van der Waals surface area contributed by atoms with Crippen LogP contribution in [0.2, 0.25) is 5.02 Å². The molecular weight excluding hydrogens is 284 g/mol. The number of rotatable bonds is 7. The number of nitrogens with one attached hydrogen (secondary N) is 1. The van der Waals surface area contributed by atoms with E-state index in [0.29, 0.717) is 12.6 Å². The zero-order chi connectivity index (χ0) is 16.0. The van der Waals surface area contributed by atoms with Crippen LogP contribution in [0.5, 0.6) is 0 Å². The molecule has 0 atom stereocenters. The molecule has 0 saturated carbocycles. The first kappa shape index (κ1) is 18.3. The van der Waals surface area contributed by atoms with Gasteiger partial charge in [0.2, 0.25) is 0 Å². The van der Waals surface area contributed by atoms with Gasteiger partial charge in [0, 0.05) is 48.1 Å². The molecular formula is C17H29ClN2O. The smallest absolute Gasteiger partial charge is 0.0637 e. The Kier molecular flexibility index (Phi) is 6.98. The van der Waals surface area contributed by atoms with Crippen molar-refractivity contribution in [3.63, 3.8) is 0 Å². The maximum atomic E-state index is 6.44. The van der Waals surface area contributed by atoms with Crippen molar-refractivity contribution < 1.29 is 4.74 Å². The summed E-state index contributed by atoms with van der Waals surface area (Å²) in [4.78, 5) is 2.34. The van der Waals surface area contributed by atoms with Crippen molar-refractivity contribution in [2.75, 3.05) is 25.2 Å². The monoisotopic (exact) mass is 312 g/mol. The first-order chi connectivity index (χ1) is 9.76. The highest BCUT2D eigenvalue weighted by Crippen LogP contribution is 2.29. The lowest BCUT2D eigenvalue weighted by Crippen LogP contribution is -2.38. The molecule has 0 bridgehead atoms. The van der Waals surface area contributed by atoms with Gasteiger partial charge < -0.3 is 15.0 Å². The van der Waals surface area contributed by atoms with E-state index in [2.05, 4.69) is 50.9 Å². The van der Waals surface area contributed by atoms with Crippen LogP contribution in [0.3, 0.4) is 0 Å². The Bertz CT molecular complexity index is 441. The molecule has 0 aliphatic heterocycles. The van der Waals surface area contributed by atoms with Crippen LogP contribution in [0.25, 0.3) is 0 Å². The largest absolute Gasteiger partial charge is 0.383 e. The number of anilines is 1. The van der Waals surface area contributed by atoms with Crippen molar-refractivity contribution in [1.82, 2.24) is 5.32 Å². The van der Waals surface area contributed by atoms with Crippen molar-refractivity contribution in [2.45, 2.75) is 52.7 Å². The Morgan fingerprint density at radius 3 is 2.48 bits per heavy atom. The second kappa shape index (κ2) is 8.02. The average Bonchev–Trinajstić information content (AvgIpc) is 2.36. The molecule has 1 aromatic rings. The molecule has 0 fully saturated rings. The number of methoxy groups -OCH3 is 1. The van der Waals surface area contributed by atoms with E-state index in [-0.39, 0.29) is 5.54 Å². The van der Waals surface area contributed by atoms with Crippen LogP contribution in [0.1, 0.15) is 40.2 Å². The molecule has 0 radical (unpaired) electrons. The standard InChI is InChI=1S/C17H29ClN2O/c1-13(2)20(10-11-21-6)16-9-7-8-15(18)14(16)12-19-17(3,4)5/h7-9,13,19H,10-12H2,1-6H3. The van der Waals surface area contributed by atoms with E-state index in [1.165, 1.54) is 5.69 Å². The molecule has 0 aliphatic rings. The highest BCUT2D eigenvalue weighted by molar-refractivity contribution is 6.31. The van der Waals surface area contributed by atoms with Crippen LogP contribution in [0.4, 0.5) is 5.69 Å². The maximum absolute atomic E-state index is 6.44. The molecule has 0 spiro atoms. The van der Waals surface area contributed by atoms with Crippen molar-refractivity contribution in [1.29, 1.82) is 0 Å². The van der Waals surface area contributed by atoms with Crippen LogP contribution < -0.4 is 10.2 Å². The predicted molar refractivity (Wildman–Crippen MR) is 92.4 cm³/mol. The third-order valence-corrected chi connectivity index (χ3v) is 3.71. The van der Waals surface area contributed by atoms with E-state index in [1.54, 1.807) is 7.11 Å². The molecule has 0 saturated heterocycles. The molecule has 1 N–H and O–H groups in total. The van der Waals surface area contributed by atoms with Crippen molar-refractivity contribution >= 4 is 17.3 Å². The van der Waals surface area contributed by atoms with Gasteiger partial charge >= 0.3 is 0 Å². The SMILES string of the molecule is COCCN(c1cccc(Cl)c1CNC(C)(C)C)C(C)C. The summed E-state index contributed by atoms with van der Waals surface area (Å²) >= 11 is 6.44. The van der Waals surface area contributed by atoms with Gasteiger partial charge in [-0.25, -0.2) is 0 Å². The van der Waals surface area contributed by atoms with Gasteiger partial charge in [-0.15, -0.1) is 0 Å². The Balaban J connectivity index is 3.06. The van der Waals surface area contributed by atoms with E-state index in [1.807, 2.05) is 12.1 Å². The molecule has 0 amide bonds. The fraction of sp³-hybridized carbons (Fsp3) is 0.647. The number of hydrogen-bond donors (Lipinski definition) is 1. The number of halogens is 1. The van der Waals surface area contributed by atoms with Gasteiger partial charge in [0.1, 0.15) is 0 Å². The Labute approximate surface area is 134 Å². The Hall–Kier alpha value is -0.770. The molecule has 3 nitrogen and oxygen atoms in total.